The van der Waals surface area contributed by atoms with E-state index in [-0.39, 0.29) is 22.0 Å². The normalized spacial score (nSPS) is 10.3. The van der Waals surface area contributed by atoms with Crippen molar-refractivity contribution in [2.75, 3.05) is 0 Å². The van der Waals surface area contributed by atoms with E-state index < -0.39 is 10.9 Å². The lowest BCUT2D eigenvalue weighted by atomic mass is 10.1. The smallest absolute Gasteiger partial charge is 0.338 e. The molecule has 0 saturated heterocycles. The van der Waals surface area contributed by atoms with Gasteiger partial charge in [-0.15, -0.1) is 0 Å². The third kappa shape index (κ3) is 2.03. The minimum absolute atomic E-state index is 0.123. The number of carboxylic acids is 1. The molecule has 0 spiro atoms. The molecular formula is C10H6ClN3O4. The Morgan fingerprint density at radius 1 is 1.50 bits per heavy atom. The van der Waals surface area contributed by atoms with Gasteiger partial charge in [0, 0.05) is 12.3 Å². The van der Waals surface area contributed by atoms with Crippen molar-refractivity contribution in [3.8, 4) is 5.69 Å². The van der Waals surface area contributed by atoms with E-state index in [4.69, 9.17) is 16.7 Å². The van der Waals surface area contributed by atoms with E-state index >= 15 is 0 Å². The summed E-state index contributed by atoms with van der Waals surface area (Å²) in [5.74, 6) is -1.28. The van der Waals surface area contributed by atoms with Crippen LogP contribution in [0.3, 0.4) is 0 Å². The molecule has 2 rings (SSSR count). The number of carbonyl (C=O) groups is 1. The van der Waals surface area contributed by atoms with Gasteiger partial charge >= 0.3 is 5.97 Å². The second-order valence-electron chi connectivity index (χ2n) is 3.34. The highest BCUT2D eigenvalue weighted by Crippen LogP contribution is 2.27. The molecule has 0 bridgehead atoms. The van der Waals surface area contributed by atoms with Crippen LogP contribution < -0.4 is 0 Å². The molecule has 0 radical (unpaired) electrons. The molecule has 7 nitrogen and oxygen atoms in total. The number of aromatic carboxylic acids is 1. The average molecular weight is 268 g/mol. The van der Waals surface area contributed by atoms with Gasteiger partial charge in [-0.3, -0.25) is 10.1 Å². The number of rotatable bonds is 3. The maximum Gasteiger partial charge on any atom is 0.338 e. The summed E-state index contributed by atoms with van der Waals surface area (Å²) in [6, 6.07) is 3.77. The van der Waals surface area contributed by atoms with E-state index in [1.54, 1.807) is 0 Å². The Kier molecular flexibility index (Phi) is 2.99. The number of nitrogens with zero attached hydrogens (tertiary/aromatic N) is 3. The van der Waals surface area contributed by atoms with Gasteiger partial charge < -0.3 is 5.11 Å². The van der Waals surface area contributed by atoms with E-state index in [1.165, 1.54) is 30.6 Å². The Morgan fingerprint density at radius 3 is 2.72 bits per heavy atom. The van der Waals surface area contributed by atoms with Gasteiger partial charge in [-0.2, -0.15) is 5.10 Å². The van der Waals surface area contributed by atoms with Crippen LogP contribution >= 0.6 is 11.6 Å². The molecule has 1 heterocycles. The zero-order valence-corrected chi connectivity index (χ0v) is 9.53. The molecule has 92 valence electrons. The van der Waals surface area contributed by atoms with Crippen molar-refractivity contribution in [2.45, 2.75) is 0 Å². The quantitative estimate of drug-likeness (QED) is 0.678. The van der Waals surface area contributed by atoms with Crippen LogP contribution in [0.25, 0.3) is 5.69 Å². The number of hydrogen-bond acceptors (Lipinski definition) is 4. The lowest BCUT2D eigenvalue weighted by Crippen LogP contribution is -2.08. The number of aromatic nitrogens is 2. The lowest BCUT2D eigenvalue weighted by Gasteiger charge is -2.06. The molecule has 0 unspecified atom stereocenters. The number of hydrogen-bond donors (Lipinski definition) is 1. The van der Waals surface area contributed by atoms with Gasteiger partial charge in [-0.05, 0) is 6.07 Å². The lowest BCUT2D eigenvalue weighted by molar-refractivity contribution is -0.384. The maximum atomic E-state index is 11.1. The second kappa shape index (κ2) is 4.46. The third-order valence-corrected chi connectivity index (χ3v) is 2.42. The summed E-state index contributed by atoms with van der Waals surface area (Å²) in [5, 5.41) is 24.0. The molecule has 2 aromatic rings. The van der Waals surface area contributed by atoms with E-state index in [2.05, 4.69) is 5.10 Å². The fraction of sp³-hybridized carbons (Fsp3) is 0. The zero-order chi connectivity index (χ0) is 13.3. The Balaban J connectivity index is 2.76. The minimum atomic E-state index is -1.28. The molecule has 0 amide bonds. The van der Waals surface area contributed by atoms with Gasteiger partial charge in [0.15, 0.2) is 5.69 Å². The number of carboxylic acid groups (broad SMARTS) is 1. The van der Waals surface area contributed by atoms with Gasteiger partial charge in [-0.25, -0.2) is 9.48 Å². The van der Waals surface area contributed by atoms with Crippen LogP contribution in [-0.2, 0) is 0 Å². The highest BCUT2D eigenvalue weighted by atomic mass is 35.5. The largest absolute Gasteiger partial charge is 0.478 e. The van der Waals surface area contributed by atoms with Gasteiger partial charge in [-0.1, -0.05) is 17.7 Å². The van der Waals surface area contributed by atoms with Crippen molar-refractivity contribution >= 4 is 23.3 Å². The molecule has 0 aliphatic carbocycles. The van der Waals surface area contributed by atoms with Crippen LogP contribution in [0, 0.1) is 10.1 Å². The van der Waals surface area contributed by atoms with E-state index in [1.807, 2.05) is 0 Å². The molecule has 0 fully saturated rings. The molecule has 18 heavy (non-hydrogen) atoms. The van der Waals surface area contributed by atoms with Crippen LogP contribution in [-0.4, -0.2) is 25.8 Å². The summed E-state index contributed by atoms with van der Waals surface area (Å²) >= 11 is 5.67. The molecule has 0 aliphatic rings. The van der Waals surface area contributed by atoms with E-state index in [0.29, 0.717) is 0 Å². The van der Waals surface area contributed by atoms with Gasteiger partial charge in [0.25, 0.3) is 5.69 Å². The molecule has 8 heteroatoms. The first kappa shape index (κ1) is 12.1. The monoisotopic (exact) mass is 267 g/mol. The fourth-order valence-electron chi connectivity index (χ4n) is 1.52. The summed E-state index contributed by atoms with van der Waals surface area (Å²) in [5.41, 5.74) is -0.694. The average Bonchev–Trinajstić information content (AvgIpc) is 2.74. The molecule has 1 N–H and O–H groups in total. The Labute approximate surface area is 105 Å². The van der Waals surface area contributed by atoms with Crippen molar-refractivity contribution in [3.05, 3.63) is 51.3 Å². The van der Waals surface area contributed by atoms with Crippen molar-refractivity contribution < 1.29 is 14.8 Å². The molecule has 1 aromatic heterocycles. The van der Waals surface area contributed by atoms with Crippen LogP contribution in [0.1, 0.15) is 10.4 Å². The highest BCUT2D eigenvalue weighted by Gasteiger charge is 2.23. The molecular weight excluding hydrogens is 262 g/mol. The highest BCUT2D eigenvalue weighted by molar-refractivity contribution is 6.30. The minimum Gasteiger partial charge on any atom is -0.478 e. The maximum absolute atomic E-state index is 11.1. The van der Waals surface area contributed by atoms with Crippen molar-refractivity contribution in [2.24, 2.45) is 0 Å². The van der Waals surface area contributed by atoms with Crippen molar-refractivity contribution in [1.82, 2.24) is 9.78 Å². The number of para-hydroxylation sites is 1. The Hall–Kier alpha value is -2.41. The van der Waals surface area contributed by atoms with Gasteiger partial charge in [0.1, 0.15) is 0 Å². The van der Waals surface area contributed by atoms with Crippen molar-refractivity contribution in [1.29, 1.82) is 0 Å². The van der Waals surface area contributed by atoms with Gasteiger partial charge in [0.05, 0.1) is 21.7 Å². The topological polar surface area (TPSA) is 98.3 Å². The summed E-state index contributed by atoms with van der Waals surface area (Å²) < 4.78 is 1.07. The van der Waals surface area contributed by atoms with Crippen LogP contribution in [0.15, 0.2) is 30.6 Å². The molecule has 0 atom stereocenters. The summed E-state index contributed by atoms with van der Waals surface area (Å²) in [6.07, 6.45) is 2.57. The van der Waals surface area contributed by atoms with Gasteiger partial charge in [0.2, 0.25) is 0 Å². The Bertz CT molecular complexity index is 606. The first-order valence-corrected chi connectivity index (χ1v) is 5.09. The van der Waals surface area contributed by atoms with E-state index in [9.17, 15) is 14.9 Å². The number of nitro groups is 1. The summed E-state index contributed by atoms with van der Waals surface area (Å²) in [7, 11) is 0. The van der Waals surface area contributed by atoms with Crippen LogP contribution in [0.5, 0.6) is 0 Å². The predicted octanol–water partition coefficient (Wildman–Crippen LogP) is 2.13. The third-order valence-electron chi connectivity index (χ3n) is 2.22. The number of benzene rings is 1. The van der Waals surface area contributed by atoms with E-state index in [0.717, 1.165) is 4.68 Å². The number of nitro benzene ring substituents is 1. The molecule has 0 aliphatic heterocycles. The van der Waals surface area contributed by atoms with Crippen LogP contribution in [0.4, 0.5) is 5.69 Å². The summed E-state index contributed by atoms with van der Waals surface area (Å²) in [4.78, 5) is 21.3. The number of halogens is 1. The SMILES string of the molecule is O=C(O)c1cccc([N+](=O)[O-])c1-n1cc(Cl)cn1. The first-order valence-electron chi connectivity index (χ1n) is 4.72. The zero-order valence-electron chi connectivity index (χ0n) is 8.78. The first-order chi connectivity index (χ1) is 8.50. The predicted molar refractivity (Wildman–Crippen MR) is 62.2 cm³/mol. The standard InChI is InChI=1S/C10H6ClN3O4/c11-6-4-12-13(5-6)9-7(10(15)16)2-1-3-8(9)14(17)18/h1-5H,(H,15,16). The van der Waals surface area contributed by atoms with Crippen molar-refractivity contribution in [3.63, 3.8) is 0 Å². The fourth-order valence-corrected chi connectivity index (χ4v) is 1.65. The summed E-state index contributed by atoms with van der Waals surface area (Å²) in [6.45, 7) is 0. The molecule has 1 aromatic carbocycles. The van der Waals surface area contributed by atoms with Crippen LogP contribution in [0.2, 0.25) is 5.02 Å². The Morgan fingerprint density at radius 2 is 2.22 bits per heavy atom. The molecule has 0 saturated carbocycles. The second-order valence-corrected chi connectivity index (χ2v) is 3.78.